The molecule has 1 saturated carbocycles. The average molecular weight is 570 g/mol. The molecular formula is C22H26BrClN6O3S. The number of fused-ring (bicyclic) bond motifs is 1. The average Bonchev–Trinajstić information content (AvgIpc) is 3.50. The molecular weight excluding hydrogens is 544 g/mol. The third-order valence-corrected chi connectivity index (χ3v) is 7.91. The van der Waals surface area contributed by atoms with Crippen molar-refractivity contribution in [3.63, 3.8) is 0 Å². The van der Waals surface area contributed by atoms with Crippen LogP contribution >= 0.6 is 27.5 Å². The highest BCUT2D eigenvalue weighted by atomic mass is 79.9. The van der Waals surface area contributed by atoms with Crippen LogP contribution in [0, 0.1) is 5.92 Å². The van der Waals surface area contributed by atoms with Crippen LogP contribution in [-0.2, 0) is 23.1 Å². The van der Waals surface area contributed by atoms with Crippen LogP contribution in [0.5, 0.6) is 11.6 Å². The van der Waals surface area contributed by atoms with Gasteiger partial charge in [-0.3, -0.25) is 4.90 Å². The summed E-state index contributed by atoms with van der Waals surface area (Å²) in [6.45, 7) is 3.02. The molecule has 1 N–H and O–H groups in total. The quantitative estimate of drug-likeness (QED) is 0.438. The van der Waals surface area contributed by atoms with Crippen LogP contribution in [0.2, 0.25) is 5.02 Å². The highest BCUT2D eigenvalue weighted by molar-refractivity contribution is 9.10. The van der Waals surface area contributed by atoms with E-state index in [-0.39, 0.29) is 6.04 Å². The fourth-order valence-corrected chi connectivity index (χ4v) is 5.79. The number of halogens is 2. The first kappa shape index (κ1) is 23.9. The smallest absolute Gasteiger partial charge is 0.223 e. The number of nitrogens with one attached hydrogen (secondary N) is 1. The van der Waals surface area contributed by atoms with Gasteiger partial charge in [0.1, 0.15) is 11.3 Å². The summed E-state index contributed by atoms with van der Waals surface area (Å²) in [6.07, 6.45) is 6.76. The van der Waals surface area contributed by atoms with Gasteiger partial charge < -0.3 is 4.74 Å². The number of nitrogens with zero attached hydrogens (tertiary/aromatic N) is 5. The van der Waals surface area contributed by atoms with Crippen LogP contribution in [0.25, 0.3) is 11.0 Å². The summed E-state index contributed by atoms with van der Waals surface area (Å²) in [5, 5.41) is 9.20. The topological polar surface area (TPSA) is 102 Å². The molecule has 2 aromatic heterocycles. The van der Waals surface area contributed by atoms with E-state index in [1.165, 1.54) is 19.1 Å². The lowest BCUT2D eigenvalue weighted by molar-refractivity contribution is 0.198. The Kier molecular flexibility index (Phi) is 6.82. The van der Waals surface area contributed by atoms with E-state index in [0.29, 0.717) is 29.1 Å². The first-order chi connectivity index (χ1) is 16.2. The molecule has 3 heterocycles. The monoisotopic (exact) mass is 568 g/mol. The van der Waals surface area contributed by atoms with Gasteiger partial charge in [-0.05, 0) is 65.7 Å². The maximum Gasteiger partial charge on any atom is 0.223 e. The molecule has 1 saturated heterocycles. The van der Waals surface area contributed by atoms with Gasteiger partial charge >= 0.3 is 0 Å². The number of pyridine rings is 1. The van der Waals surface area contributed by atoms with Crippen molar-refractivity contribution in [2.45, 2.75) is 44.8 Å². The van der Waals surface area contributed by atoms with Crippen LogP contribution in [0.4, 0.5) is 0 Å². The summed E-state index contributed by atoms with van der Waals surface area (Å²) >= 11 is 9.89. The van der Waals surface area contributed by atoms with E-state index < -0.39 is 10.0 Å². The van der Waals surface area contributed by atoms with Crippen molar-refractivity contribution >= 4 is 48.6 Å². The van der Waals surface area contributed by atoms with Gasteiger partial charge in [0.2, 0.25) is 15.9 Å². The zero-order chi connectivity index (χ0) is 23.9. The second-order valence-corrected chi connectivity index (χ2v) is 12.1. The van der Waals surface area contributed by atoms with E-state index in [9.17, 15) is 8.42 Å². The largest absolute Gasteiger partial charge is 0.437 e. The maximum absolute atomic E-state index is 11.5. The molecule has 0 atom stereocenters. The molecule has 0 bridgehead atoms. The lowest BCUT2D eigenvalue weighted by atomic mass is 10.1. The summed E-state index contributed by atoms with van der Waals surface area (Å²) in [5.74, 6) is 1.79. The van der Waals surface area contributed by atoms with E-state index in [1.54, 1.807) is 6.20 Å². The standard InChI is InChI=1S/C22H26BrClN6O3S/c1-34(31,32)27-17-6-8-29(9-7-17)13-15-10-16(24)11-25-22(15)33-19-5-4-18-21(20(19)23)26-28-30(18)12-14-2-3-14/h4-5,10-11,14,17,27H,2-3,6-9,12-13H2,1H3. The van der Waals surface area contributed by atoms with E-state index in [4.69, 9.17) is 16.3 Å². The van der Waals surface area contributed by atoms with Gasteiger partial charge in [0.25, 0.3) is 0 Å². The number of benzene rings is 1. The second kappa shape index (κ2) is 9.69. The minimum absolute atomic E-state index is 0.0320. The van der Waals surface area contributed by atoms with Gasteiger partial charge in [-0.15, -0.1) is 5.10 Å². The van der Waals surface area contributed by atoms with Gasteiger partial charge in [0.15, 0.2) is 0 Å². The highest BCUT2D eigenvalue weighted by Crippen LogP contribution is 2.37. The molecule has 1 aliphatic carbocycles. The van der Waals surface area contributed by atoms with Gasteiger partial charge in [-0.1, -0.05) is 16.8 Å². The molecule has 12 heteroatoms. The number of ether oxygens (including phenoxy) is 1. The molecule has 182 valence electrons. The number of rotatable bonds is 8. The Morgan fingerprint density at radius 1 is 1.24 bits per heavy atom. The first-order valence-corrected chi connectivity index (χ1v) is 14.3. The first-order valence-electron chi connectivity index (χ1n) is 11.3. The summed E-state index contributed by atoms with van der Waals surface area (Å²) < 4.78 is 34.6. The molecule has 0 amide bonds. The van der Waals surface area contributed by atoms with Crippen molar-refractivity contribution in [2.75, 3.05) is 19.3 Å². The summed E-state index contributed by atoms with van der Waals surface area (Å²) in [4.78, 5) is 6.69. The van der Waals surface area contributed by atoms with E-state index >= 15 is 0 Å². The molecule has 9 nitrogen and oxygen atoms in total. The lowest BCUT2D eigenvalue weighted by Gasteiger charge is -2.32. The molecule has 3 aromatic rings. The number of hydrogen-bond donors (Lipinski definition) is 1. The Balaban J connectivity index is 1.31. The Hall–Kier alpha value is -1.79. The van der Waals surface area contributed by atoms with Crippen LogP contribution in [-0.4, -0.2) is 58.7 Å². The fourth-order valence-electron chi connectivity index (χ4n) is 4.28. The van der Waals surface area contributed by atoms with E-state index in [1.807, 2.05) is 22.9 Å². The van der Waals surface area contributed by atoms with Crippen LogP contribution in [0.1, 0.15) is 31.2 Å². The molecule has 2 aliphatic rings. The van der Waals surface area contributed by atoms with Gasteiger partial charge in [-0.2, -0.15) is 0 Å². The summed E-state index contributed by atoms with van der Waals surface area (Å²) in [5.41, 5.74) is 2.60. The summed E-state index contributed by atoms with van der Waals surface area (Å²) in [7, 11) is -3.20. The number of aromatic nitrogens is 4. The minimum Gasteiger partial charge on any atom is -0.437 e. The second-order valence-electron chi connectivity index (χ2n) is 9.12. The number of hydrogen-bond acceptors (Lipinski definition) is 7. The molecule has 2 fully saturated rings. The van der Waals surface area contributed by atoms with E-state index in [0.717, 1.165) is 53.5 Å². The minimum atomic E-state index is -3.20. The number of piperidine rings is 1. The van der Waals surface area contributed by atoms with Gasteiger partial charge in [-0.25, -0.2) is 22.8 Å². The van der Waals surface area contributed by atoms with Crippen molar-refractivity contribution in [2.24, 2.45) is 5.92 Å². The molecule has 0 radical (unpaired) electrons. The fraction of sp³-hybridized carbons (Fsp3) is 0.500. The molecule has 34 heavy (non-hydrogen) atoms. The maximum atomic E-state index is 11.5. The van der Waals surface area contributed by atoms with Crippen molar-refractivity contribution in [3.8, 4) is 11.6 Å². The number of likely N-dealkylation sites (tertiary alicyclic amines) is 1. The predicted octanol–water partition coefficient (Wildman–Crippen LogP) is 3.96. The zero-order valence-corrected chi connectivity index (χ0v) is 21.9. The van der Waals surface area contributed by atoms with E-state index in [2.05, 4.69) is 40.8 Å². The molecule has 0 spiro atoms. The third-order valence-electron chi connectivity index (χ3n) is 6.18. The van der Waals surface area contributed by atoms with Gasteiger partial charge in [0, 0.05) is 44.0 Å². The van der Waals surface area contributed by atoms with Gasteiger partial charge in [0.05, 0.1) is 21.3 Å². The molecule has 1 aromatic carbocycles. The Morgan fingerprint density at radius 3 is 2.71 bits per heavy atom. The van der Waals surface area contributed by atoms with Crippen molar-refractivity contribution in [1.82, 2.24) is 29.6 Å². The van der Waals surface area contributed by atoms with Crippen LogP contribution < -0.4 is 9.46 Å². The molecule has 0 unspecified atom stereocenters. The molecule has 5 rings (SSSR count). The SMILES string of the molecule is CS(=O)(=O)NC1CCN(Cc2cc(Cl)cnc2Oc2ccc3c(nnn3CC3CC3)c2Br)CC1. The van der Waals surface area contributed by atoms with Crippen LogP contribution in [0.15, 0.2) is 28.9 Å². The number of sulfonamides is 1. The van der Waals surface area contributed by atoms with Crippen molar-refractivity contribution < 1.29 is 13.2 Å². The molecule has 1 aliphatic heterocycles. The highest BCUT2D eigenvalue weighted by Gasteiger charge is 2.25. The van der Waals surface area contributed by atoms with Crippen molar-refractivity contribution in [3.05, 3.63) is 39.5 Å². The van der Waals surface area contributed by atoms with Crippen molar-refractivity contribution in [1.29, 1.82) is 0 Å². The summed E-state index contributed by atoms with van der Waals surface area (Å²) in [6, 6.07) is 5.72. The lowest BCUT2D eigenvalue weighted by Crippen LogP contribution is -2.44. The third kappa shape index (κ3) is 5.71. The Bertz CT molecular complexity index is 1310. The normalized spacial score (nSPS) is 18.0. The Labute approximate surface area is 212 Å². The van der Waals surface area contributed by atoms with Crippen LogP contribution in [0.3, 0.4) is 0 Å². The zero-order valence-electron chi connectivity index (χ0n) is 18.7. The Morgan fingerprint density at radius 2 is 2.00 bits per heavy atom. The predicted molar refractivity (Wildman–Crippen MR) is 134 cm³/mol.